The number of hydrogen-bond acceptors (Lipinski definition) is 4. The molecule has 2 heterocycles. The third-order valence-corrected chi connectivity index (χ3v) is 5.03. The summed E-state index contributed by atoms with van der Waals surface area (Å²) in [5.41, 5.74) is -0.705. The zero-order valence-electron chi connectivity index (χ0n) is 13.2. The number of rotatable bonds is 3. The maximum Gasteiger partial charge on any atom is 0.339 e. The molecule has 0 aromatic rings. The molecule has 0 unspecified atom stereocenters. The summed E-state index contributed by atoms with van der Waals surface area (Å²) >= 11 is 0. The second-order valence-corrected chi connectivity index (χ2v) is 6.06. The molecule has 4 nitrogen and oxygen atoms in total. The lowest BCUT2D eigenvalue weighted by Gasteiger charge is -2.52. The van der Waals surface area contributed by atoms with Crippen LogP contribution in [0.1, 0.15) is 52.4 Å². The molecule has 2 saturated heterocycles. The first kappa shape index (κ1) is 16.1. The van der Waals surface area contributed by atoms with E-state index >= 15 is 0 Å². The number of nitrogens with one attached hydrogen (secondary N) is 1. The minimum Gasteiger partial charge on any atom is -0.453 e. The van der Waals surface area contributed by atoms with Gasteiger partial charge in [0.05, 0.1) is 6.61 Å². The molecule has 0 spiro atoms. The van der Waals surface area contributed by atoms with Gasteiger partial charge >= 0.3 is 5.97 Å². The molecule has 2 aliphatic heterocycles. The van der Waals surface area contributed by atoms with E-state index in [-0.39, 0.29) is 18.5 Å². The Kier molecular flexibility index (Phi) is 4.77. The molecule has 0 aromatic carbocycles. The van der Waals surface area contributed by atoms with Crippen LogP contribution in [0.4, 0.5) is 0 Å². The lowest BCUT2D eigenvalue weighted by molar-refractivity contribution is -0.231. The Labute approximate surface area is 127 Å². The van der Waals surface area contributed by atoms with Gasteiger partial charge in [-0.25, -0.2) is 4.79 Å². The summed E-state index contributed by atoms with van der Waals surface area (Å²) in [6.45, 7) is 7.69. The van der Waals surface area contributed by atoms with Crippen LogP contribution in [-0.2, 0) is 9.53 Å². The molecule has 3 atom stereocenters. The van der Waals surface area contributed by atoms with E-state index in [1.165, 1.54) is 25.7 Å². The van der Waals surface area contributed by atoms with Crippen molar-refractivity contribution in [3.8, 4) is 0 Å². The molecule has 3 aliphatic rings. The van der Waals surface area contributed by atoms with Crippen molar-refractivity contribution in [3.05, 3.63) is 24.4 Å². The van der Waals surface area contributed by atoms with Gasteiger partial charge in [-0.1, -0.05) is 32.6 Å². The van der Waals surface area contributed by atoms with Crippen molar-refractivity contribution in [3.63, 3.8) is 0 Å². The van der Waals surface area contributed by atoms with Crippen molar-refractivity contribution < 1.29 is 14.6 Å². The van der Waals surface area contributed by atoms with Crippen LogP contribution >= 0.6 is 0 Å². The van der Waals surface area contributed by atoms with Crippen LogP contribution < -0.4 is 5.32 Å². The number of carbonyl (C=O) groups is 1. The maximum absolute atomic E-state index is 11.6. The van der Waals surface area contributed by atoms with Crippen LogP contribution in [0, 0.1) is 5.92 Å². The normalized spacial score (nSPS) is 36.8. The van der Waals surface area contributed by atoms with E-state index in [2.05, 4.69) is 24.0 Å². The van der Waals surface area contributed by atoms with Gasteiger partial charge < -0.3 is 15.2 Å². The number of allylic oxidation sites excluding steroid dienone is 2. The number of aliphatic hydroxyl groups excluding tert-OH is 1. The summed E-state index contributed by atoms with van der Waals surface area (Å²) in [7, 11) is 0. The Bertz CT molecular complexity index is 437. The zero-order valence-corrected chi connectivity index (χ0v) is 13.2. The Balaban J connectivity index is 0.000000225. The van der Waals surface area contributed by atoms with Crippen molar-refractivity contribution in [2.45, 2.75) is 63.5 Å². The van der Waals surface area contributed by atoms with E-state index in [1.54, 1.807) is 0 Å². The average Bonchev–Trinajstić information content (AvgIpc) is 2.73. The van der Waals surface area contributed by atoms with Crippen molar-refractivity contribution in [1.82, 2.24) is 5.32 Å². The van der Waals surface area contributed by atoms with E-state index in [1.807, 2.05) is 13.8 Å². The zero-order chi connectivity index (χ0) is 15.5. The first-order valence-electron chi connectivity index (χ1n) is 8.04. The highest BCUT2D eigenvalue weighted by molar-refractivity contribution is 5.91. The second-order valence-electron chi connectivity index (χ2n) is 6.06. The first-order valence-corrected chi connectivity index (χ1v) is 8.04. The van der Waals surface area contributed by atoms with E-state index < -0.39 is 11.1 Å². The summed E-state index contributed by atoms with van der Waals surface area (Å²) in [5.74, 6) is -0.253. The molecule has 3 rings (SSSR count). The standard InChI is InChI=1S/C11H17NO3.C6H10/c1-4-8-7(3)12-10(6-13)9(14)15-11(8,10)5-2;1-2-4-6-5-3-1/h8,12-13H,3-6H2,1-2H3;1-2H,3-6H2/t8-,10-,11-;/m0./s1. The lowest BCUT2D eigenvalue weighted by atomic mass is 9.68. The maximum atomic E-state index is 11.6. The molecule has 2 fully saturated rings. The summed E-state index contributed by atoms with van der Waals surface area (Å²) in [6, 6.07) is 0. The number of fused-ring (bicyclic) bond motifs is 1. The largest absolute Gasteiger partial charge is 0.453 e. The third-order valence-electron chi connectivity index (χ3n) is 5.03. The van der Waals surface area contributed by atoms with Gasteiger partial charge in [0, 0.05) is 11.6 Å². The molecule has 2 N–H and O–H groups in total. The molecule has 21 heavy (non-hydrogen) atoms. The van der Waals surface area contributed by atoms with Crippen LogP contribution in [0.25, 0.3) is 0 Å². The average molecular weight is 293 g/mol. The monoisotopic (exact) mass is 293 g/mol. The topological polar surface area (TPSA) is 58.6 Å². The van der Waals surface area contributed by atoms with Crippen molar-refractivity contribution in [2.24, 2.45) is 5.92 Å². The predicted octanol–water partition coefficient (Wildman–Crippen LogP) is 2.68. The minimum atomic E-state index is -0.931. The molecular formula is C17H27NO3. The fourth-order valence-electron chi connectivity index (χ4n) is 3.83. The Morgan fingerprint density at radius 1 is 1.38 bits per heavy atom. The van der Waals surface area contributed by atoms with E-state index in [0.29, 0.717) is 6.42 Å². The van der Waals surface area contributed by atoms with E-state index in [4.69, 9.17) is 4.74 Å². The summed E-state index contributed by atoms with van der Waals surface area (Å²) in [6.07, 6.45) is 11.6. The van der Waals surface area contributed by atoms with Gasteiger partial charge in [0.2, 0.25) is 0 Å². The van der Waals surface area contributed by atoms with Crippen LogP contribution in [0.2, 0.25) is 0 Å². The Morgan fingerprint density at radius 2 is 2.00 bits per heavy atom. The van der Waals surface area contributed by atoms with Gasteiger partial charge in [-0.05, 0) is 38.5 Å². The predicted molar refractivity (Wildman–Crippen MR) is 82.6 cm³/mol. The Morgan fingerprint density at radius 3 is 2.33 bits per heavy atom. The van der Waals surface area contributed by atoms with Gasteiger partial charge in [-0.3, -0.25) is 0 Å². The van der Waals surface area contributed by atoms with Crippen molar-refractivity contribution in [1.29, 1.82) is 0 Å². The third kappa shape index (κ3) is 2.30. The fourth-order valence-corrected chi connectivity index (χ4v) is 3.83. The highest BCUT2D eigenvalue weighted by atomic mass is 16.6. The molecule has 0 amide bonds. The first-order chi connectivity index (χ1) is 10.1. The molecule has 1 aliphatic carbocycles. The minimum absolute atomic E-state index is 0.104. The van der Waals surface area contributed by atoms with E-state index in [0.717, 1.165) is 12.1 Å². The number of esters is 1. The lowest BCUT2D eigenvalue weighted by Crippen LogP contribution is -2.76. The van der Waals surface area contributed by atoms with Crippen LogP contribution in [0.15, 0.2) is 24.4 Å². The van der Waals surface area contributed by atoms with Gasteiger partial charge in [0.1, 0.15) is 0 Å². The van der Waals surface area contributed by atoms with Crippen LogP contribution in [0.5, 0.6) is 0 Å². The highest BCUT2D eigenvalue weighted by Gasteiger charge is 2.75. The Hall–Kier alpha value is -1.29. The molecule has 0 saturated carbocycles. The van der Waals surface area contributed by atoms with Crippen molar-refractivity contribution in [2.75, 3.05) is 6.61 Å². The summed E-state index contributed by atoms with van der Waals surface area (Å²) in [5, 5.41) is 12.5. The quantitative estimate of drug-likeness (QED) is 0.620. The van der Waals surface area contributed by atoms with Crippen LogP contribution in [0.3, 0.4) is 0 Å². The molecule has 4 heteroatoms. The summed E-state index contributed by atoms with van der Waals surface area (Å²) in [4.78, 5) is 11.6. The fraction of sp³-hybridized carbons (Fsp3) is 0.706. The smallest absolute Gasteiger partial charge is 0.339 e. The number of hydrogen-bond donors (Lipinski definition) is 2. The van der Waals surface area contributed by atoms with E-state index in [9.17, 15) is 9.90 Å². The van der Waals surface area contributed by atoms with Crippen LogP contribution in [-0.4, -0.2) is 28.8 Å². The molecule has 0 radical (unpaired) electrons. The number of ether oxygens (including phenoxy) is 1. The van der Waals surface area contributed by atoms with Gasteiger partial charge in [0.15, 0.2) is 11.1 Å². The molecule has 118 valence electrons. The molecule has 0 bridgehead atoms. The number of carbonyl (C=O) groups excluding carboxylic acids is 1. The van der Waals surface area contributed by atoms with Gasteiger partial charge in [-0.15, -0.1) is 0 Å². The summed E-state index contributed by atoms with van der Waals surface area (Å²) < 4.78 is 5.35. The SMILES string of the molecule is C1=CCCCC1.C=C1N[C@@]2(CO)C(=O)O[C@@]2(CC)[C@H]1CC. The van der Waals surface area contributed by atoms with Gasteiger partial charge in [-0.2, -0.15) is 0 Å². The second kappa shape index (κ2) is 6.22. The highest BCUT2D eigenvalue weighted by Crippen LogP contribution is 2.54. The number of aliphatic hydroxyl groups is 1. The van der Waals surface area contributed by atoms with Crippen molar-refractivity contribution >= 4 is 5.97 Å². The van der Waals surface area contributed by atoms with Gasteiger partial charge in [0.25, 0.3) is 0 Å². The molecule has 0 aromatic heterocycles. The molecular weight excluding hydrogens is 266 g/mol.